The van der Waals surface area contributed by atoms with Gasteiger partial charge in [-0.2, -0.15) is 0 Å². The van der Waals surface area contributed by atoms with Crippen molar-refractivity contribution in [2.45, 2.75) is 32.1 Å². The number of benzene rings is 1. The Morgan fingerprint density at radius 3 is 2.81 bits per heavy atom. The van der Waals surface area contributed by atoms with Gasteiger partial charge >= 0.3 is 0 Å². The lowest BCUT2D eigenvalue weighted by Gasteiger charge is -2.27. The Kier molecular flexibility index (Phi) is 3.70. The second kappa shape index (κ2) is 5.82. The zero-order chi connectivity index (χ0) is 14.1. The van der Waals surface area contributed by atoms with Gasteiger partial charge in [0.2, 0.25) is 0 Å². The fourth-order valence-corrected chi connectivity index (χ4v) is 3.83. The van der Waals surface area contributed by atoms with Crippen molar-refractivity contribution in [3.63, 3.8) is 0 Å². The van der Waals surface area contributed by atoms with E-state index in [1.54, 1.807) is 5.56 Å². The van der Waals surface area contributed by atoms with Crippen LogP contribution in [0.25, 0.3) is 10.9 Å². The van der Waals surface area contributed by atoms with Gasteiger partial charge in [-0.15, -0.1) is 0 Å². The topological polar surface area (TPSA) is 31.1 Å². The maximum absolute atomic E-state index is 3.63. The molecule has 2 N–H and O–H groups in total. The highest BCUT2D eigenvalue weighted by Gasteiger charge is 2.15. The van der Waals surface area contributed by atoms with Crippen molar-refractivity contribution in [2.75, 3.05) is 32.7 Å². The fraction of sp³-hybridized carbons (Fsp3) is 0.556. The standard InChI is InChI=1S/C18H25N3/c1-2-4-17-15(3-1)16-13-14(5-6-18(16)20-17)7-10-21-11-8-19-9-12-21/h5-6,13,19-20H,1-4,7-12H2. The summed E-state index contributed by atoms with van der Waals surface area (Å²) in [6.07, 6.45) is 6.37. The van der Waals surface area contributed by atoms with Crippen molar-refractivity contribution < 1.29 is 0 Å². The van der Waals surface area contributed by atoms with Crippen LogP contribution in [0.3, 0.4) is 0 Å². The Labute approximate surface area is 126 Å². The van der Waals surface area contributed by atoms with Crippen LogP contribution in [0.2, 0.25) is 0 Å². The normalized spacial score (nSPS) is 19.8. The number of rotatable bonds is 3. The molecule has 0 bridgehead atoms. The fourth-order valence-electron chi connectivity index (χ4n) is 3.83. The van der Waals surface area contributed by atoms with E-state index < -0.39 is 0 Å². The molecule has 0 unspecified atom stereocenters. The van der Waals surface area contributed by atoms with Gasteiger partial charge in [-0.1, -0.05) is 6.07 Å². The molecule has 1 aliphatic carbocycles. The highest BCUT2D eigenvalue weighted by molar-refractivity contribution is 5.85. The van der Waals surface area contributed by atoms with E-state index in [1.165, 1.54) is 73.9 Å². The Morgan fingerprint density at radius 1 is 1.05 bits per heavy atom. The molecule has 3 nitrogen and oxygen atoms in total. The molecule has 1 saturated heterocycles. The summed E-state index contributed by atoms with van der Waals surface area (Å²) in [4.78, 5) is 6.21. The second-order valence-corrected chi connectivity index (χ2v) is 6.51. The molecule has 3 heteroatoms. The van der Waals surface area contributed by atoms with E-state index >= 15 is 0 Å². The Bertz CT molecular complexity index is 623. The van der Waals surface area contributed by atoms with Crippen LogP contribution >= 0.6 is 0 Å². The summed E-state index contributed by atoms with van der Waals surface area (Å²) in [7, 11) is 0. The van der Waals surface area contributed by atoms with E-state index in [2.05, 4.69) is 33.4 Å². The molecule has 112 valence electrons. The van der Waals surface area contributed by atoms with Gasteiger partial charge in [0.25, 0.3) is 0 Å². The van der Waals surface area contributed by atoms with Crippen molar-refractivity contribution >= 4 is 10.9 Å². The highest BCUT2D eigenvalue weighted by Crippen LogP contribution is 2.29. The predicted octanol–water partition coefficient (Wildman–Crippen LogP) is 2.49. The molecule has 2 heterocycles. The van der Waals surface area contributed by atoms with Crippen LogP contribution in [0.1, 0.15) is 29.7 Å². The van der Waals surface area contributed by atoms with Gasteiger partial charge in [0.15, 0.2) is 0 Å². The third-order valence-corrected chi connectivity index (χ3v) is 5.09. The number of aryl methyl sites for hydroxylation is 2. The summed E-state index contributed by atoms with van der Waals surface area (Å²) in [5, 5.41) is 4.91. The lowest BCUT2D eigenvalue weighted by Crippen LogP contribution is -2.44. The number of piperazine rings is 1. The number of fused-ring (bicyclic) bond motifs is 3. The minimum absolute atomic E-state index is 1.14. The quantitative estimate of drug-likeness (QED) is 0.907. The number of H-pyrrole nitrogens is 1. The molecule has 0 atom stereocenters. The maximum atomic E-state index is 3.63. The van der Waals surface area contributed by atoms with Crippen LogP contribution in [-0.4, -0.2) is 42.6 Å². The average Bonchev–Trinajstić information content (AvgIpc) is 2.92. The van der Waals surface area contributed by atoms with E-state index in [-0.39, 0.29) is 0 Å². The van der Waals surface area contributed by atoms with Crippen molar-refractivity contribution in [3.05, 3.63) is 35.0 Å². The first kappa shape index (κ1) is 13.4. The number of aromatic amines is 1. The van der Waals surface area contributed by atoms with Crippen molar-refractivity contribution in [3.8, 4) is 0 Å². The van der Waals surface area contributed by atoms with E-state index in [4.69, 9.17) is 0 Å². The number of hydrogen-bond donors (Lipinski definition) is 2. The van der Waals surface area contributed by atoms with E-state index in [0.717, 1.165) is 13.1 Å². The molecule has 0 radical (unpaired) electrons. The molecule has 0 spiro atoms. The van der Waals surface area contributed by atoms with Gasteiger partial charge in [0, 0.05) is 49.3 Å². The summed E-state index contributed by atoms with van der Waals surface area (Å²) in [5.41, 5.74) is 5.93. The minimum atomic E-state index is 1.14. The molecule has 0 amide bonds. The van der Waals surface area contributed by atoms with Gasteiger partial charge < -0.3 is 15.2 Å². The molecule has 21 heavy (non-hydrogen) atoms. The average molecular weight is 283 g/mol. The van der Waals surface area contributed by atoms with E-state index in [0.29, 0.717) is 0 Å². The smallest absolute Gasteiger partial charge is 0.0459 e. The predicted molar refractivity (Wildman–Crippen MR) is 88.0 cm³/mol. The molecule has 1 aromatic carbocycles. The summed E-state index contributed by atoms with van der Waals surface area (Å²) in [5.74, 6) is 0. The number of aromatic nitrogens is 1. The first-order valence-corrected chi connectivity index (χ1v) is 8.45. The number of nitrogens with one attached hydrogen (secondary N) is 2. The first-order chi connectivity index (χ1) is 10.4. The number of hydrogen-bond acceptors (Lipinski definition) is 2. The Hall–Kier alpha value is -1.32. The zero-order valence-corrected chi connectivity index (χ0v) is 12.8. The van der Waals surface area contributed by atoms with Crippen LogP contribution in [0.5, 0.6) is 0 Å². The van der Waals surface area contributed by atoms with Crippen molar-refractivity contribution in [2.24, 2.45) is 0 Å². The van der Waals surface area contributed by atoms with E-state index in [9.17, 15) is 0 Å². The summed E-state index contributed by atoms with van der Waals surface area (Å²) in [6.45, 7) is 5.87. The Morgan fingerprint density at radius 2 is 1.90 bits per heavy atom. The molecule has 1 aliphatic heterocycles. The molecular weight excluding hydrogens is 258 g/mol. The lowest BCUT2D eigenvalue weighted by atomic mass is 9.95. The highest BCUT2D eigenvalue weighted by atomic mass is 15.2. The monoisotopic (exact) mass is 283 g/mol. The van der Waals surface area contributed by atoms with Crippen LogP contribution in [0.15, 0.2) is 18.2 Å². The van der Waals surface area contributed by atoms with Gasteiger partial charge in [-0.05, 0) is 55.4 Å². The van der Waals surface area contributed by atoms with Gasteiger partial charge in [-0.25, -0.2) is 0 Å². The number of nitrogens with zero attached hydrogens (tertiary/aromatic N) is 1. The molecule has 1 fully saturated rings. The first-order valence-electron chi connectivity index (χ1n) is 8.45. The summed E-state index contributed by atoms with van der Waals surface area (Å²) >= 11 is 0. The lowest BCUT2D eigenvalue weighted by molar-refractivity contribution is 0.244. The summed E-state index contributed by atoms with van der Waals surface area (Å²) < 4.78 is 0. The second-order valence-electron chi connectivity index (χ2n) is 6.51. The van der Waals surface area contributed by atoms with E-state index in [1.807, 2.05) is 0 Å². The van der Waals surface area contributed by atoms with Crippen molar-refractivity contribution in [1.29, 1.82) is 0 Å². The third kappa shape index (κ3) is 2.72. The zero-order valence-electron chi connectivity index (χ0n) is 12.8. The molecule has 2 aliphatic rings. The molecule has 0 saturated carbocycles. The maximum Gasteiger partial charge on any atom is 0.0459 e. The SMILES string of the molecule is c1cc2[nH]c3c(c2cc1CCN1CCNCC1)CCCC3. The molecular formula is C18H25N3. The van der Waals surface area contributed by atoms with Gasteiger partial charge in [-0.3, -0.25) is 0 Å². The van der Waals surface area contributed by atoms with Gasteiger partial charge in [0.1, 0.15) is 0 Å². The van der Waals surface area contributed by atoms with Crippen molar-refractivity contribution in [1.82, 2.24) is 15.2 Å². The van der Waals surface area contributed by atoms with Crippen LogP contribution in [0.4, 0.5) is 0 Å². The third-order valence-electron chi connectivity index (χ3n) is 5.09. The Balaban J connectivity index is 1.52. The van der Waals surface area contributed by atoms with Crippen LogP contribution in [0, 0.1) is 0 Å². The summed E-state index contributed by atoms with van der Waals surface area (Å²) in [6, 6.07) is 7.05. The molecule has 2 aromatic rings. The molecule has 4 rings (SSSR count). The largest absolute Gasteiger partial charge is 0.358 e. The van der Waals surface area contributed by atoms with Gasteiger partial charge in [0.05, 0.1) is 0 Å². The minimum Gasteiger partial charge on any atom is -0.358 e. The van der Waals surface area contributed by atoms with Crippen LogP contribution in [-0.2, 0) is 19.3 Å². The van der Waals surface area contributed by atoms with Crippen LogP contribution < -0.4 is 5.32 Å². The molecule has 1 aromatic heterocycles.